The number of anilines is 1. The summed E-state index contributed by atoms with van der Waals surface area (Å²) in [6.45, 7) is 1.79. The number of nitrogens with zero attached hydrogens (tertiary/aromatic N) is 3. The molecular weight excluding hydrogens is 439 g/mol. The number of halogens is 1. The number of rotatable bonds is 6. The first-order valence-electron chi connectivity index (χ1n) is 10.5. The van der Waals surface area contributed by atoms with Crippen LogP contribution in [0, 0.1) is 12.7 Å². The third-order valence-corrected chi connectivity index (χ3v) is 6.72. The summed E-state index contributed by atoms with van der Waals surface area (Å²) in [5.41, 5.74) is 2.81. The number of carbonyl (C=O) groups is 1. The zero-order chi connectivity index (χ0) is 22.9. The fraction of sp³-hybridized carbons (Fsp3) is 0.200. The number of aryl methyl sites for hydroxylation is 1. The maximum Gasteiger partial charge on any atom is 0.259 e. The fourth-order valence-electron chi connectivity index (χ4n) is 4.02. The molecule has 2 aromatic heterocycles. The van der Waals surface area contributed by atoms with Gasteiger partial charge in [0.25, 0.3) is 5.91 Å². The highest BCUT2D eigenvalue weighted by Crippen LogP contribution is 2.55. The summed E-state index contributed by atoms with van der Waals surface area (Å²) in [4.78, 5) is 17.4. The lowest BCUT2D eigenvalue weighted by atomic mass is 9.98. The van der Waals surface area contributed by atoms with E-state index in [0.717, 1.165) is 11.4 Å². The summed E-state index contributed by atoms with van der Waals surface area (Å²) in [7, 11) is 1.47. The van der Waals surface area contributed by atoms with Crippen LogP contribution in [0.4, 0.5) is 9.52 Å². The average molecular weight is 463 g/mol. The molecule has 0 radical (unpaired) electrons. The van der Waals surface area contributed by atoms with Crippen LogP contribution < -0.4 is 10.1 Å². The summed E-state index contributed by atoms with van der Waals surface area (Å²) in [6, 6.07) is 16.6. The van der Waals surface area contributed by atoms with Crippen molar-refractivity contribution < 1.29 is 15.3 Å². The van der Waals surface area contributed by atoms with Crippen molar-refractivity contribution in [3.63, 3.8) is 0 Å². The molecular formula is C25H23FN4O2S. The molecule has 1 N–H and O–H groups in total. The minimum Gasteiger partial charge on any atom is -0.496 e. The van der Waals surface area contributed by atoms with Gasteiger partial charge in [0.2, 0.25) is 5.13 Å². The summed E-state index contributed by atoms with van der Waals surface area (Å²) in [5.74, 6) is 0.182. The van der Waals surface area contributed by atoms with E-state index in [1.807, 2.05) is 18.2 Å². The molecule has 1 aliphatic carbocycles. The Morgan fingerprint density at radius 2 is 1.97 bits per heavy atom. The number of pyridine rings is 1. The molecule has 0 spiro atoms. The van der Waals surface area contributed by atoms with Crippen LogP contribution in [0.3, 0.4) is 0 Å². The smallest absolute Gasteiger partial charge is 0.259 e. The molecule has 33 heavy (non-hydrogen) atoms. The molecule has 168 valence electrons. The number of amides is 1. The van der Waals surface area contributed by atoms with Gasteiger partial charge >= 0.3 is 0 Å². The molecule has 2 heterocycles. The van der Waals surface area contributed by atoms with Gasteiger partial charge in [-0.3, -0.25) is 15.1 Å². The van der Waals surface area contributed by atoms with Crippen molar-refractivity contribution in [1.29, 1.82) is 0 Å². The Morgan fingerprint density at radius 3 is 2.76 bits per heavy atom. The van der Waals surface area contributed by atoms with Crippen LogP contribution in [0.5, 0.6) is 5.75 Å². The van der Waals surface area contributed by atoms with Crippen molar-refractivity contribution in [2.45, 2.75) is 25.2 Å². The van der Waals surface area contributed by atoms with E-state index in [2.05, 4.69) is 32.6 Å². The Labute approximate surface area is 196 Å². The Bertz CT molecular complexity index is 1330. The number of carbonyl (C=O) groups excluding carboxylic acids is 1. The molecule has 1 amide bonds. The Hall–Kier alpha value is -3.65. The van der Waals surface area contributed by atoms with Gasteiger partial charge in [0.15, 0.2) is 0 Å². The van der Waals surface area contributed by atoms with Gasteiger partial charge in [0.1, 0.15) is 16.6 Å². The highest BCUT2D eigenvalue weighted by Gasteiger charge is 2.42. The fourth-order valence-corrected chi connectivity index (χ4v) is 4.94. The maximum absolute atomic E-state index is 14.7. The lowest BCUT2D eigenvalue weighted by molar-refractivity contribution is 0.102. The largest absolute Gasteiger partial charge is 0.496 e. The summed E-state index contributed by atoms with van der Waals surface area (Å²) >= 11 is 1.37. The molecule has 0 saturated heterocycles. The van der Waals surface area contributed by atoms with Gasteiger partial charge in [0.05, 0.1) is 18.2 Å². The van der Waals surface area contributed by atoms with Crippen LogP contribution in [0.2, 0.25) is 0 Å². The second-order valence-corrected chi connectivity index (χ2v) is 8.96. The summed E-state index contributed by atoms with van der Waals surface area (Å²) < 4.78 is 20.1. The Morgan fingerprint density at radius 1 is 1.15 bits per heavy atom. The predicted molar refractivity (Wildman–Crippen MR) is 127 cm³/mol. The van der Waals surface area contributed by atoms with Gasteiger partial charge in [-0.25, -0.2) is 4.39 Å². The van der Waals surface area contributed by atoms with E-state index in [0.29, 0.717) is 34.0 Å². The first kappa shape index (κ1) is 21.2. The van der Waals surface area contributed by atoms with E-state index < -0.39 is 11.7 Å². The topological polar surface area (TPSA) is 77.0 Å². The van der Waals surface area contributed by atoms with Crippen molar-refractivity contribution in [3.8, 4) is 16.9 Å². The van der Waals surface area contributed by atoms with Gasteiger partial charge in [-0.05, 0) is 43.0 Å². The zero-order valence-electron chi connectivity index (χ0n) is 18.1. The van der Waals surface area contributed by atoms with E-state index in [-0.39, 0.29) is 12.6 Å². The van der Waals surface area contributed by atoms with Crippen molar-refractivity contribution in [2.75, 3.05) is 12.4 Å². The van der Waals surface area contributed by atoms with Crippen molar-refractivity contribution in [2.24, 2.45) is 0 Å². The van der Waals surface area contributed by atoms with Gasteiger partial charge in [0, 0.05) is 24.8 Å². The molecule has 6 nitrogen and oxygen atoms in total. The Kier molecular flexibility index (Phi) is 5.60. The van der Waals surface area contributed by atoms with E-state index in [1.165, 1.54) is 36.3 Å². The van der Waals surface area contributed by atoms with Crippen molar-refractivity contribution in [1.82, 2.24) is 15.2 Å². The van der Waals surface area contributed by atoms with Gasteiger partial charge in [-0.1, -0.05) is 47.7 Å². The Balaban J connectivity index is 0.00000274. The first-order chi connectivity index (χ1) is 16.0. The van der Waals surface area contributed by atoms with Crippen molar-refractivity contribution in [3.05, 3.63) is 88.4 Å². The molecule has 2 aromatic carbocycles. The lowest BCUT2D eigenvalue weighted by Gasteiger charge is -2.14. The van der Waals surface area contributed by atoms with Gasteiger partial charge in [-0.15, -0.1) is 10.2 Å². The van der Waals surface area contributed by atoms with E-state index in [4.69, 9.17) is 4.74 Å². The second-order valence-electron chi connectivity index (χ2n) is 7.95. The van der Waals surface area contributed by atoms with Crippen molar-refractivity contribution >= 4 is 22.4 Å². The van der Waals surface area contributed by atoms with E-state index >= 15 is 0 Å². The molecule has 1 saturated carbocycles. The highest BCUT2D eigenvalue weighted by atomic mass is 32.1. The number of hydrogen-bond donors (Lipinski definition) is 1. The SMILES string of the molecule is COc1cccc(F)c1-c1cc(C)ncc1C(=O)Nc1nnc([C@H]2C[C@@H]2c2ccccc2)s1.[HH]. The van der Waals surface area contributed by atoms with Gasteiger partial charge in [-0.2, -0.15) is 0 Å². The molecule has 0 aliphatic heterocycles. The van der Waals surface area contributed by atoms with Gasteiger partial charge < -0.3 is 4.74 Å². The lowest BCUT2D eigenvalue weighted by Crippen LogP contribution is -2.14. The predicted octanol–water partition coefficient (Wildman–Crippen LogP) is 5.83. The molecule has 8 heteroatoms. The van der Waals surface area contributed by atoms with Crippen LogP contribution in [0.15, 0.2) is 60.8 Å². The monoisotopic (exact) mass is 462 g/mol. The van der Waals surface area contributed by atoms with E-state index in [9.17, 15) is 9.18 Å². The summed E-state index contributed by atoms with van der Waals surface area (Å²) in [5, 5.41) is 12.6. The number of hydrogen-bond acceptors (Lipinski definition) is 6. The quantitative estimate of drug-likeness (QED) is 0.390. The number of methoxy groups -OCH3 is 1. The van der Waals surface area contributed by atoms with Crippen LogP contribution in [-0.2, 0) is 0 Å². The number of ether oxygens (including phenoxy) is 1. The first-order valence-corrected chi connectivity index (χ1v) is 11.4. The highest BCUT2D eigenvalue weighted by molar-refractivity contribution is 7.15. The van der Waals surface area contributed by atoms with Crippen LogP contribution in [0.1, 0.15) is 46.3 Å². The minimum absolute atomic E-state index is 0. The second kappa shape index (κ2) is 8.71. The molecule has 2 atom stereocenters. The molecule has 1 fully saturated rings. The number of aromatic nitrogens is 3. The molecule has 4 aromatic rings. The third-order valence-electron chi connectivity index (χ3n) is 5.75. The minimum atomic E-state index is -0.479. The molecule has 0 bridgehead atoms. The molecule has 5 rings (SSSR count). The third kappa shape index (κ3) is 4.21. The molecule has 1 aliphatic rings. The zero-order valence-corrected chi connectivity index (χ0v) is 18.9. The normalized spacial score (nSPS) is 16.9. The van der Waals surface area contributed by atoms with Crippen LogP contribution in [-0.4, -0.2) is 28.2 Å². The number of benzene rings is 2. The number of nitrogens with one attached hydrogen (secondary N) is 1. The van der Waals surface area contributed by atoms with Crippen LogP contribution in [0.25, 0.3) is 11.1 Å². The standard InChI is InChI=1S/C25H21FN4O2S.H2/c1-14-11-17(22-20(26)9-6-10-21(22)32-2)19(13-27-14)23(31)28-25-30-29-24(33-25)18-12-16(18)15-7-4-3-5-8-15;/h3-11,13,16,18H,12H2,1-2H3,(H,28,30,31);1H/t16-,18+;/m1./s1. The maximum atomic E-state index is 14.7. The average Bonchev–Trinajstić information content (AvgIpc) is 3.50. The molecule has 0 unspecified atom stereocenters. The van der Waals surface area contributed by atoms with E-state index in [1.54, 1.807) is 25.1 Å². The van der Waals surface area contributed by atoms with Crippen LogP contribution >= 0.6 is 11.3 Å². The summed E-state index contributed by atoms with van der Waals surface area (Å²) in [6.07, 6.45) is 2.46.